The lowest BCUT2D eigenvalue weighted by atomic mass is 9.75. The maximum absolute atomic E-state index is 3.85. The van der Waals surface area contributed by atoms with Crippen molar-refractivity contribution >= 4 is 22.6 Å². The smallest absolute Gasteiger partial charge is 0.0364 e. The first kappa shape index (κ1) is 39.9. The van der Waals surface area contributed by atoms with Crippen LogP contribution in [0.1, 0.15) is 102 Å². The summed E-state index contributed by atoms with van der Waals surface area (Å²) in [5.74, 6) is 0.00495. The number of hydrogen-bond donors (Lipinski definition) is 0. The second-order valence-electron chi connectivity index (χ2n) is 16.8. The fraction of sp³-hybridized carbons (Fsp3) is 0.250. The van der Waals surface area contributed by atoms with Crippen molar-refractivity contribution in [1.29, 1.82) is 0 Å². The van der Waals surface area contributed by atoms with Crippen LogP contribution in [0.2, 0.25) is 0 Å². The van der Waals surface area contributed by atoms with Gasteiger partial charge in [-0.15, -0.1) is 22.9 Å². The Kier molecular flexibility index (Phi) is 12.3. The normalized spacial score (nSPS) is 19.5. The molecule has 0 heterocycles. The molecule has 0 saturated heterocycles. The number of fused-ring (bicyclic) bond motifs is 2. The van der Waals surface area contributed by atoms with Crippen molar-refractivity contribution < 1.29 is 0 Å². The highest BCUT2D eigenvalue weighted by Crippen LogP contribution is 2.41. The predicted molar refractivity (Wildman–Crippen MR) is 243 cm³/mol. The van der Waals surface area contributed by atoms with E-state index in [9.17, 15) is 0 Å². The molecule has 0 aromatic heterocycles. The van der Waals surface area contributed by atoms with Gasteiger partial charge in [-0.25, -0.2) is 0 Å². The average molecular weight is 729 g/mol. The summed E-state index contributed by atoms with van der Waals surface area (Å²) in [7, 11) is 0. The molecule has 3 aromatic rings. The molecule has 0 nitrogen and oxygen atoms in total. The molecular weight excluding hydrogens is 673 g/mol. The van der Waals surface area contributed by atoms with E-state index in [1.54, 1.807) is 0 Å². The topological polar surface area (TPSA) is 0 Å². The standard InChI is InChI=1S/C55H52.CH4/c1-54(2,3)44-28-22-23-40(33-36-44)39-50(41-24-14-9-7-10-15-25-41)52-46-29-18-13-19-30-48(46)53(49-32-21-20-31-47(49)52)51(42-26-16-11-8-12-17-27-42)43-34-37-45(38-35-43)55(4,5)6;/h7-9,11,13,15,17-22,24-29,31-38,50-51H,10,14,39H2,1-6H3;1H4/b9-7?,25-15-,41-24+,42-27+;. The lowest BCUT2D eigenvalue weighted by Crippen LogP contribution is -2.35. The van der Waals surface area contributed by atoms with Gasteiger partial charge >= 0.3 is 0 Å². The van der Waals surface area contributed by atoms with Gasteiger partial charge < -0.3 is 0 Å². The minimum atomic E-state index is -0.0763. The predicted octanol–water partition coefficient (Wildman–Crippen LogP) is 13.5. The third kappa shape index (κ3) is 8.83. The van der Waals surface area contributed by atoms with Crippen LogP contribution in [0.4, 0.5) is 0 Å². The number of hydrogen-bond acceptors (Lipinski definition) is 0. The van der Waals surface area contributed by atoms with E-state index in [0.717, 1.165) is 30.1 Å². The van der Waals surface area contributed by atoms with E-state index in [1.807, 2.05) is 18.2 Å². The summed E-state index contributed by atoms with van der Waals surface area (Å²) in [6, 6.07) is 18.4. The maximum atomic E-state index is 3.85. The van der Waals surface area contributed by atoms with Gasteiger partial charge in [0.15, 0.2) is 0 Å². The van der Waals surface area contributed by atoms with Crippen LogP contribution in [0.15, 0.2) is 191 Å². The quantitative estimate of drug-likeness (QED) is 0.168. The lowest BCUT2D eigenvalue weighted by Gasteiger charge is -2.28. The van der Waals surface area contributed by atoms with Crippen LogP contribution in [0.3, 0.4) is 0 Å². The van der Waals surface area contributed by atoms with Crippen molar-refractivity contribution in [1.82, 2.24) is 0 Å². The highest BCUT2D eigenvalue weighted by molar-refractivity contribution is 5.92. The summed E-state index contributed by atoms with van der Waals surface area (Å²) >= 11 is 0. The summed E-state index contributed by atoms with van der Waals surface area (Å²) in [6.45, 7) is 13.7. The van der Waals surface area contributed by atoms with Gasteiger partial charge in [-0.1, -0.05) is 164 Å². The van der Waals surface area contributed by atoms with Gasteiger partial charge in [0.25, 0.3) is 0 Å². The van der Waals surface area contributed by atoms with Crippen LogP contribution in [0.25, 0.3) is 22.6 Å². The first-order chi connectivity index (χ1) is 26.6. The molecule has 0 radical (unpaired) electrons. The fourth-order valence-corrected chi connectivity index (χ4v) is 8.00. The molecule has 280 valence electrons. The molecule has 0 N–H and O–H groups in total. The van der Waals surface area contributed by atoms with Crippen LogP contribution in [0.5, 0.6) is 0 Å². The molecule has 0 bridgehead atoms. The zero-order valence-corrected chi connectivity index (χ0v) is 33.3. The Morgan fingerprint density at radius 3 is 2.14 bits per heavy atom. The first-order valence-corrected chi connectivity index (χ1v) is 19.8. The van der Waals surface area contributed by atoms with Gasteiger partial charge in [0, 0.05) is 17.1 Å². The number of allylic oxidation sites excluding steroid dienone is 18. The molecule has 4 aliphatic carbocycles. The molecule has 0 aliphatic heterocycles. The molecule has 0 saturated carbocycles. The van der Waals surface area contributed by atoms with Gasteiger partial charge in [-0.05, 0) is 133 Å². The average Bonchev–Trinajstić information content (AvgIpc) is 3.53. The van der Waals surface area contributed by atoms with E-state index < -0.39 is 0 Å². The zero-order valence-electron chi connectivity index (χ0n) is 33.3. The van der Waals surface area contributed by atoms with Gasteiger partial charge in [-0.3, -0.25) is 0 Å². The maximum Gasteiger partial charge on any atom is 0.0364 e. The number of rotatable bonds is 7. The van der Waals surface area contributed by atoms with Gasteiger partial charge in [0.2, 0.25) is 0 Å². The highest BCUT2D eigenvalue weighted by atomic mass is 14.3. The Labute approximate surface area is 336 Å². The summed E-state index contributed by atoms with van der Waals surface area (Å²) in [4.78, 5) is 0. The molecule has 0 spiro atoms. The van der Waals surface area contributed by atoms with E-state index in [2.05, 4.69) is 204 Å². The van der Waals surface area contributed by atoms with Crippen molar-refractivity contribution in [2.75, 3.05) is 0 Å². The van der Waals surface area contributed by atoms with Crippen LogP contribution < -0.4 is 10.4 Å². The Morgan fingerprint density at radius 2 is 1.38 bits per heavy atom. The third-order valence-electron chi connectivity index (χ3n) is 10.9. The van der Waals surface area contributed by atoms with Gasteiger partial charge in [0.05, 0.1) is 0 Å². The molecule has 2 unspecified atom stereocenters. The van der Waals surface area contributed by atoms with E-state index in [0.29, 0.717) is 0 Å². The van der Waals surface area contributed by atoms with Crippen molar-refractivity contribution in [3.05, 3.63) is 224 Å². The van der Waals surface area contributed by atoms with Gasteiger partial charge in [-0.2, -0.15) is 0 Å². The molecule has 4 aliphatic rings. The SMILES string of the molecule is C.CC(C)(C)C1=CC=C=C(CC(C2=C/CC=CC/C=C\2)c2c3c(c(C(/C4=C/C=C=CC=C=C4)c4ccc(C(C)(C)C)cc4)c4ccccc24)=C=CC=CC=3)C=C1. The monoisotopic (exact) mass is 728 g/mol. The largest absolute Gasteiger partial charge is 0.120 e. The van der Waals surface area contributed by atoms with E-state index in [-0.39, 0.29) is 30.1 Å². The second-order valence-corrected chi connectivity index (χ2v) is 16.8. The highest BCUT2D eigenvalue weighted by Gasteiger charge is 2.28. The Morgan fingerprint density at radius 1 is 0.625 bits per heavy atom. The lowest BCUT2D eigenvalue weighted by molar-refractivity contribution is 0.517. The summed E-state index contributed by atoms with van der Waals surface area (Å²) < 4.78 is 0. The third-order valence-corrected chi connectivity index (χ3v) is 10.9. The van der Waals surface area contributed by atoms with Gasteiger partial charge in [0.1, 0.15) is 0 Å². The van der Waals surface area contributed by atoms with E-state index >= 15 is 0 Å². The van der Waals surface area contributed by atoms with Crippen LogP contribution >= 0.6 is 0 Å². The molecule has 0 fully saturated rings. The van der Waals surface area contributed by atoms with E-state index in [1.165, 1.54) is 55.0 Å². The summed E-state index contributed by atoms with van der Waals surface area (Å²) in [6.07, 6.45) is 42.2. The molecular formula is C56H56. The fourth-order valence-electron chi connectivity index (χ4n) is 8.00. The summed E-state index contributed by atoms with van der Waals surface area (Å²) in [5.41, 5.74) is 24.6. The number of benzene rings is 3. The van der Waals surface area contributed by atoms with E-state index in [4.69, 9.17) is 0 Å². The van der Waals surface area contributed by atoms with Crippen LogP contribution in [-0.4, -0.2) is 0 Å². The van der Waals surface area contributed by atoms with Crippen molar-refractivity contribution in [3.8, 4) is 0 Å². The first-order valence-electron chi connectivity index (χ1n) is 19.8. The zero-order chi connectivity index (χ0) is 38.4. The van der Waals surface area contributed by atoms with Crippen molar-refractivity contribution in [2.24, 2.45) is 5.41 Å². The summed E-state index contributed by atoms with van der Waals surface area (Å²) in [5, 5.41) is 4.88. The molecule has 0 amide bonds. The molecule has 2 atom stereocenters. The molecule has 7 rings (SSSR count). The molecule has 3 aromatic carbocycles. The minimum Gasteiger partial charge on any atom is -0.120 e. The van der Waals surface area contributed by atoms with Crippen LogP contribution in [-0.2, 0) is 5.41 Å². The minimum absolute atomic E-state index is 0. The Hall–Kier alpha value is -5.82. The molecule has 0 heteroatoms. The van der Waals surface area contributed by atoms with Crippen molar-refractivity contribution in [3.63, 3.8) is 0 Å². The van der Waals surface area contributed by atoms with Crippen molar-refractivity contribution in [2.45, 2.75) is 85.5 Å². The molecule has 56 heavy (non-hydrogen) atoms. The van der Waals surface area contributed by atoms with Crippen LogP contribution in [0, 0.1) is 5.41 Å². The Bertz CT molecular complexity index is 2590. The second kappa shape index (κ2) is 17.3. The Balaban J connectivity index is 0.00000532.